The molecule has 7 heteroatoms. The van der Waals surface area contributed by atoms with Crippen LogP contribution >= 0.6 is 11.6 Å². The second-order valence-corrected chi connectivity index (χ2v) is 11.1. The summed E-state index contributed by atoms with van der Waals surface area (Å²) in [5, 5.41) is 12.2. The minimum absolute atomic E-state index is 0.209. The first-order valence-electron chi connectivity index (χ1n) is 14.7. The molecule has 0 aliphatic carbocycles. The zero-order valence-electron chi connectivity index (χ0n) is 24.6. The first-order valence-corrected chi connectivity index (χ1v) is 15.1. The smallest absolute Gasteiger partial charge is 0.119 e. The number of benzene rings is 4. The molecule has 1 aliphatic heterocycles. The number of methoxy groups -OCH3 is 1. The van der Waals surface area contributed by atoms with Crippen molar-refractivity contribution < 1.29 is 28.8 Å². The molecule has 226 valence electrons. The van der Waals surface area contributed by atoms with E-state index in [2.05, 4.69) is 18.2 Å². The Hall–Kier alpha value is -3.23. The van der Waals surface area contributed by atoms with E-state index in [4.69, 9.17) is 35.3 Å². The number of halogens is 1. The Balaban J connectivity index is 1.45. The van der Waals surface area contributed by atoms with Gasteiger partial charge in [0.15, 0.2) is 0 Å². The Kier molecular flexibility index (Phi) is 11.2. The van der Waals surface area contributed by atoms with Crippen molar-refractivity contribution in [1.29, 1.82) is 0 Å². The van der Waals surface area contributed by atoms with E-state index >= 15 is 0 Å². The van der Waals surface area contributed by atoms with Crippen LogP contribution in [-0.4, -0.2) is 49.8 Å². The topological polar surface area (TPSA) is 66.4 Å². The van der Waals surface area contributed by atoms with E-state index in [1.807, 2.05) is 91.9 Å². The van der Waals surface area contributed by atoms with Crippen molar-refractivity contribution in [2.75, 3.05) is 20.3 Å². The highest BCUT2D eigenvalue weighted by Gasteiger charge is 2.47. The Morgan fingerprint density at radius 2 is 1.40 bits per heavy atom. The van der Waals surface area contributed by atoms with Crippen LogP contribution in [0.25, 0.3) is 0 Å². The zero-order chi connectivity index (χ0) is 30.0. The molecule has 1 aliphatic rings. The van der Waals surface area contributed by atoms with E-state index in [1.165, 1.54) is 0 Å². The summed E-state index contributed by atoms with van der Waals surface area (Å²) in [4.78, 5) is 0. The lowest BCUT2D eigenvalue weighted by Gasteiger charge is -2.44. The predicted octanol–water partition coefficient (Wildman–Crippen LogP) is 6.95. The van der Waals surface area contributed by atoms with Gasteiger partial charge in [0.05, 0.1) is 26.4 Å². The van der Waals surface area contributed by atoms with Gasteiger partial charge in [0.1, 0.15) is 36.3 Å². The SMILES string of the molecule is CCOc1ccc(Cc2cc([C@@H]3O[C@H](COC)[C@@H](O)[C@H](OCc4ccccc4)[C@H]3OCc3ccccc3)ccc2Cl)cc1. The van der Waals surface area contributed by atoms with E-state index < -0.39 is 30.5 Å². The molecule has 0 bridgehead atoms. The highest BCUT2D eigenvalue weighted by atomic mass is 35.5. The molecule has 0 aromatic heterocycles. The summed E-state index contributed by atoms with van der Waals surface area (Å²) in [6, 6.07) is 33.8. The van der Waals surface area contributed by atoms with Gasteiger partial charge < -0.3 is 28.8 Å². The fourth-order valence-electron chi connectivity index (χ4n) is 5.40. The van der Waals surface area contributed by atoms with Gasteiger partial charge in [-0.2, -0.15) is 0 Å². The molecule has 1 saturated heterocycles. The maximum absolute atomic E-state index is 11.5. The van der Waals surface area contributed by atoms with Crippen LogP contribution in [0.5, 0.6) is 5.75 Å². The average Bonchev–Trinajstić information content (AvgIpc) is 3.04. The lowest BCUT2D eigenvalue weighted by Crippen LogP contribution is -2.57. The standard InChI is InChI=1S/C36H39ClO6/c1-3-40-30-17-14-25(15-18-30)20-29-21-28(16-19-31(29)37)34-36(42-23-27-12-8-5-9-13-27)35(33(38)32(43-34)24-39-2)41-22-26-10-6-4-7-11-26/h4-19,21,32-36,38H,3,20,22-24H2,1-2H3/t32-,33-,34+,35+,36+/m1/s1. The molecular formula is C36H39ClO6. The largest absolute Gasteiger partial charge is 0.494 e. The van der Waals surface area contributed by atoms with Gasteiger partial charge in [0.25, 0.3) is 0 Å². The second kappa shape index (κ2) is 15.5. The van der Waals surface area contributed by atoms with Crippen LogP contribution in [0.3, 0.4) is 0 Å². The Bertz CT molecular complexity index is 1400. The molecule has 0 radical (unpaired) electrons. The van der Waals surface area contributed by atoms with Crippen LogP contribution in [-0.2, 0) is 38.6 Å². The number of aliphatic hydroxyl groups excluding tert-OH is 1. The Morgan fingerprint density at radius 1 is 0.767 bits per heavy atom. The molecule has 5 atom stereocenters. The summed E-state index contributed by atoms with van der Waals surface area (Å²) in [5.41, 5.74) is 4.99. The molecule has 0 unspecified atom stereocenters. The van der Waals surface area contributed by atoms with Crippen molar-refractivity contribution in [2.24, 2.45) is 0 Å². The summed E-state index contributed by atoms with van der Waals surface area (Å²) in [5.74, 6) is 0.837. The van der Waals surface area contributed by atoms with Gasteiger partial charge in [-0.05, 0) is 59.4 Å². The third kappa shape index (κ3) is 8.24. The predicted molar refractivity (Wildman–Crippen MR) is 167 cm³/mol. The van der Waals surface area contributed by atoms with Crippen LogP contribution in [0.4, 0.5) is 0 Å². The van der Waals surface area contributed by atoms with E-state index in [9.17, 15) is 5.11 Å². The fourth-order valence-corrected chi connectivity index (χ4v) is 5.59. The van der Waals surface area contributed by atoms with Crippen molar-refractivity contribution in [3.05, 3.63) is 136 Å². The van der Waals surface area contributed by atoms with Crippen LogP contribution in [0.15, 0.2) is 103 Å². The molecule has 0 saturated carbocycles. The van der Waals surface area contributed by atoms with Crippen LogP contribution < -0.4 is 4.74 Å². The number of hydrogen-bond donors (Lipinski definition) is 1. The molecule has 4 aromatic rings. The van der Waals surface area contributed by atoms with Gasteiger partial charge in [0, 0.05) is 12.1 Å². The second-order valence-electron chi connectivity index (χ2n) is 10.7. The number of hydrogen-bond acceptors (Lipinski definition) is 6. The van der Waals surface area contributed by atoms with E-state index in [0.717, 1.165) is 33.6 Å². The van der Waals surface area contributed by atoms with Crippen LogP contribution in [0.1, 0.15) is 40.8 Å². The van der Waals surface area contributed by atoms with Gasteiger partial charge in [-0.15, -0.1) is 0 Å². The summed E-state index contributed by atoms with van der Waals surface area (Å²) >= 11 is 6.71. The van der Waals surface area contributed by atoms with Crippen molar-refractivity contribution in [3.8, 4) is 5.75 Å². The monoisotopic (exact) mass is 602 g/mol. The highest BCUT2D eigenvalue weighted by molar-refractivity contribution is 6.31. The third-order valence-electron chi connectivity index (χ3n) is 7.59. The maximum Gasteiger partial charge on any atom is 0.119 e. The molecule has 1 N–H and O–H groups in total. The van der Waals surface area contributed by atoms with Gasteiger partial charge in [-0.25, -0.2) is 0 Å². The maximum atomic E-state index is 11.5. The van der Waals surface area contributed by atoms with Crippen molar-refractivity contribution in [1.82, 2.24) is 0 Å². The minimum Gasteiger partial charge on any atom is -0.494 e. The van der Waals surface area contributed by atoms with Gasteiger partial charge >= 0.3 is 0 Å². The molecule has 1 heterocycles. The molecule has 0 spiro atoms. The Morgan fingerprint density at radius 3 is 2.00 bits per heavy atom. The molecular weight excluding hydrogens is 564 g/mol. The van der Waals surface area contributed by atoms with E-state index in [1.54, 1.807) is 7.11 Å². The van der Waals surface area contributed by atoms with Gasteiger partial charge in [-0.1, -0.05) is 96.5 Å². The quantitative estimate of drug-likeness (QED) is 0.179. The average molecular weight is 603 g/mol. The van der Waals surface area contributed by atoms with Crippen LogP contribution in [0.2, 0.25) is 5.02 Å². The number of ether oxygens (including phenoxy) is 5. The summed E-state index contributed by atoms with van der Waals surface area (Å²) in [6.45, 7) is 3.46. The number of aliphatic hydroxyl groups is 1. The molecule has 0 amide bonds. The first kappa shape index (κ1) is 31.2. The first-order chi connectivity index (χ1) is 21.1. The highest BCUT2D eigenvalue weighted by Crippen LogP contribution is 2.38. The molecule has 43 heavy (non-hydrogen) atoms. The summed E-state index contributed by atoms with van der Waals surface area (Å²) in [6.07, 6.45) is -2.75. The van der Waals surface area contributed by atoms with Gasteiger partial charge in [0.2, 0.25) is 0 Å². The van der Waals surface area contributed by atoms with E-state index in [-0.39, 0.29) is 6.61 Å². The van der Waals surface area contributed by atoms with E-state index in [0.29, 0.717) is 31.3 Å². The fraction of sp³-hybridized carbons (Fsp3) is 0.333. The molecule has 5 rings (SSSR count). The number of rotatable bonds is 13. The zero-order valence-corrected chi connectivity index (χ0v) is 25.4. The van der Waals surface area contributed by atoms with Gasteiger partial charge in [-0.3, -0.25) is 0 Å². The minimum atomic E-state index is -0.962. The summed E-state index contributed by atoms with van der Waals surface area (Å²) < 4.78 is 30.6. The van der Waals surface area contributed by atoms with Crippen molar-refractivity contribution in [3.63, 3.8) is 0 Å². The Labute approximate surface area is 259 Å². The van der Waals surface area contributed by atoms with Crippen molar-refractivity contribution in [2.45, 2.75) is 57.1 Å². The molecule has 4 aromatic carbocycles. The van der Waals surface area contributed by atoms with Crippen molar-refractivity contribution >= 4 is 11.6 Å². The molecule has 6 nitrogen and oxygen atoms in total. The summed E-state index contributed by atoms with van der Waals surface area (Å²) in [7, 11) is 1.60. The molecule has 1 fully saturated rings. The third-order valence-corrected chi connectivity index (χ3v) is 7.96. The lowest BCUT2D eigenvalue weighted by molar-refractivity contribution is -0.261. The normalized spacial score (nSPS) is 21.9. The van der Waals surface area contributed by atoms with Crippen LogP contribution in [0, 0.1) is 0 Å². The lowest BCUT2D eigenvalue weighted by atomic mass is 9.89.